The Kier molecular flexibility index (Phi) is 64.9. The van der Waals surface area contributed by atoms with Gasteiger partial charge in [0.1, 0.15) is 67.1 Å². The van der Waals surface area contributed by atoms with Crippen molar-refractivity contribution in [3.8, 4) is 0 Å². The Balaban J connectivity index is 1.41. The summed E-state index contributed by atoms with van der Waals surface area (Å²) >= 11 is 0. The molecule has 0 radical (unpaired) electrons. The van der Waals surface area contributed by atoms with Crippen molar-refractivity contribution < 1.29 is 104 Å². The zero-order valence-corrected chi connectivity index (χ0v) is 72.7. The summed E-state index contributed by atoms with van der Waals surface area (Å²) in [5.74, 6) is -6.13. The molecule has 3 saturated heterocycles. The summed E-state index contributed by atoms with van der Waals surface area (Å²) in [4.78, 5) is 38.8. The Labute approximate surface area is 696 Å². The van der Waals surface area contributed by atoms with Crippen molar-refractivity contribution in [2.24, 2.45) is 0 Å². The molecular formula is C92H174N2O21. The first kappa shape index (κ1) is 107. The number of carbonyl (C=O) groups excluding carboxylic acids is 2. The van der Waals surface area contributed by atoms with Crippen LogP contribution in [0.3, 0.4) is 0 Å². The van der Waals surface area contributed by atoms with Crippen LogP contribution in [-0.2, 0) is 42.8 Å². The minimum atomic E-state index is -3.08. The molecule has 3 rings (SSSR count). The highest BCUT2D eigenvalue weighted by molar-refractivity contribution is 5.77. The van der Waals surface area contributed by atoms with Crippen molar-refractivity contribution in [1.82, 2.24) is 10.6 Å². The molecule has 3 fully saturated rings. The van der Waals surface area contributed by atoms with E-state index in [-0.39, 0.29) is 12.3 Å². The number of nitrogens with one attached hydrogen (secondary N) is 2. The Morgan fingerprint density at radius 1 is 0.452 bits per heavy atom. The standard InChI is InChI=1S/C92H174N2O21/c1-4-6-8-10-12-14-16-18-20-22-24-26-28-30-31-32-33-34-35-36-37-38-39-40-41-42-44-46-48-50-52-54-56-58-60-62-64-66-79(102)94-73(74(99)65-63-61-59-57-55-53-51-49-47-45-43-29-27-25-23-21-19-17-15-13-11-9-7-5-2)71-110-89-84(106)83(105)86(78(70-97)112-89)113-90-85(107)88(82(104)77(69-96)111-90)115-92(91(108)109)67-75(100)80(93-72(3)98)87(114-92)81(103)76(101)68-95/h63,65,73-78,80-90,95-97,99-101,103-107H,4-62,64,66-71H2,1-3H3,(H,93,98)(H,94,102)(H,108,109)/b65-63+. The van der Waals surface area contributed by atoms with Crippen LogP contribution < -0.4 is 10.6 Å². The molecule has 115 heavy (non-hydrogen) atoms. The molecule has 0 aliphatic carbocycles. The van der Waals surface area contributed by atoms with Gasteiger partial charge < -0.3 is 100 Å². The van der Waals surface area contributed by atoms with Gasteiger partial charge in [-0.1, -0.05) is 392 Å². The smallest absolute Gasteiger partial charge is 0.364 e. The van der Waals surface area contributed by atoms with Gasteiger partial charge in [0.2, 0.25) is 11.8 Å². The van der Waals surface area contributed by atoms with Crippen LogP contribution in [0.15, 0.2) is 12.2 Å². The largest absolute Gasteiger partial charge is 0.477 e. The summed E-state index contributed by atoms with van der Waals surface area (Å²) < 4.78 is 35.0. The number of hydrogen-bond acceptors (Lipinski definition) is 20. The van der Waals surface area contributed by atoms with Gasteiger partial charge in [-0.25, -0.2) is 4.79 Å². The number of unbranched alkanes of at least 4 members (excludes halogenated alkanes) is 58. The van der Waals surface area contributed by atoms with E-state index in [4.69, 9.17) is 28.4 Å². The summed E-state index contributed by atoms with van der Waals surface area (Å²) in [6, 6.07) is -2.62. The summed E-state index contributed by atoms with van der Waals surface area (Å²) in [6.45, 7) is 2.23. The number of amides is 2. The second kappa shape index (κ2) is 69.9. The minimum absolute atomic E-state index is 0.206. The second-order valence-corrected chi connectivity index (χ2v) is 34.6. The Bertz CT molecular complexity index is 2310. The van der Waals surface area contributed by atoms with Crippen LogP contribution in [0.25, 0.3) is 0 Å². The van der Waals surface area contributed by atoms with Gasteiger partial charge in [0.25, 0.3) is 5.79 Å². The second-order valence-electron chi connectivity index (χ2n) is 34.6. The lowest BCUT2D eigenvalue weighted by Crippen LogP contribution is -2.70. The third kappa shape index (κ3) is 48.2. The Morgan fingerprint density at radius 3 is 1.16 bits per heavy atom. The molecule has 23 heteroatoms. The van der Waals surface area contributed by atoms with Crippen molar-refractivity contribution in [3.63, 3.8) is 0 Å². The molecule has 14 N–H and O–H groups in total. The van der Waals surface area contributed by atoms with Crippen molar-refractivity contribution in [1.29, 1.82) is 0 Å². The zero-order chi connectivity index (χ0) is 83.8. The molecule has 18 atom stereocenters. The van der Waals surface area contributed by atoms with E-state index < -0.39 is 155 Å². The monoisotopic (exact) mass is 1640 g/mol. The van der Waals surface area contributed by atoms with Crippen LogP contribution in [0.4, 0.5) is 0 Å². The molecule has 0 aromatic rings. The number of aliphatic hydroxyl groups excluding tert-OH is 11. The van der Waals surface area contributed by atoms with Crippen molar-refractivity contribution in [3.05, 3.63) is 12.2 Å². The highest BCUT2D eigenvalue weighted by Gasteiger charge is 2.60. The predicted octanol–water partition coefficient (Wildman–Crippen LogP) is 16.0. The average molecular weight is 1640 g/mol. The van der Waals surface area contributed by atoms with Crippen molar-refractivity contribution in [2.45, 2.75) is 529 Å². The number of aliphatic hydroxyl groups is 11. The van der Waals surface area contributed by atoms with Crippen molar-refractivity contribution in [2.75, 3.05) is 26.4 Å². The maximum Gasteiger partial charge on any atom is 0.364 e. The van der Waals surface area contributed by atoms with E-state index in [1.54, 1.807) is 6.08 Å². The fourth-order valence-corrected chi connectivity index (χ4v) is 16.8. The van der Waals surface area contributed by atoms with Crippen LogP contribution in [0.5, 0.6) is 0 Å². The fourth-order valence-electron chi connectivity index (χ4n) is 16.8. The fraction of sp³-hybridized carbons (Fsp3) is 0.946. The molecular weight excluding hydrogens is 1470 g/mol. The molecule has 23 nitrogen and oxygen atoms in total. The van der Waals surface area contributed by atoms with Crippen LogP contribution >= 0.6 is 0 Å². The van der Waals surface area contributed by atoms with E-state index in [1.807, 2.05) is 6.08 Å². The maximum absolute atomic E-state index is 13.6. The van der Waals surface area contributed by atoms with Gasteiger partial charge in [0.15, 0.2) is 12.6 Å². The third-order valence-corrected chi connectivity index (χ3v) is 24.2. The Morgan fingerprint density at radius 2 is 0.809 bits per heavy atom. The van der Waals surface area contributed by atoms with Crippen LogP contribution in [0.1, 0.15) is 419 Å². The molecule has 3 aliphatic rings. The molecule has 3 aliphatic heterocycles. The number of carbonyl (C=O) groups is 3. The van der Waals surface area contributed by atoms with E-state index in [0.29, 0.717) is 12.8 Å². The quantitative estimate of drug-likeness (QED) is 0.0199. The van der Waals surface area contributed by atoms with E-state index in [2.05, 4.69) is 24.5 Å². The lowest BCUT2D eigenvalue weighted by atomic mass is 9.88. The number of aliphatic carboxylic acids is 1. The van der Waals surface area contributed by atoms with Gasteiger partial charge in [-0.3, -0.25) is 9.59 Å². The first-order valence-corrected chi connectivity index (χ1v) is 47.6. The number of rotatable bonds is 78. The average Bonchev–Trinajstić information content (AvgIpc) is 0.754. The number of hydrogen-bond donors (Lipinski definition) is 14. The maximum atomic E-state index is 13.6. The van der Waals surface area contributed by atoms with Crippen LogP contribution in [0, 0.1) is 0 Å². The van der Waals surface area contributed by atoms with Gasteiger partial charge in [0.05, 0.1) is 50.7 Å². The zero-order valence-electron chi connectivity index (χ0n) is 72.7. The van der Waals surface area contributed by atoms with Gasteiger partial charge >= 0.3 is 5.97 Å². The molecule has 0 aromatic heterocycles. The lowest BCUT2D eigenvalue weighted by Gasteiger charge is -2.50. The minimum Gasteiger partial charge on any atom is -0.477 e. The normalized spacial score (nSPS) is 25.0. The number of carboxylic acids is 1. The number of allylic oxidation sites excluding steroid dienone is 1. The molecule has 2 amide bonds. The highest BCUT2D eigenvalue weighted by Crippen LogP contribution is 2.39. The molecule has 3 heterocycles. The Hall–Kier alpha value is -2.53. The summed E-state index contributed by atoms with van der Waals surface area (Å²) in [7, 11) is 0. The molecule has 0 saturated carbocycles. The van der Waals surface area contributed by atoms with E-state index in [1.165, 1.54) is 327 Å². The highest BCUT2D eigenvalue weighted by atomic mass is 16.8. The van der Waals surface area contributed by atoms with E-state index in [9.17, 15) is 75.7 Å². The predicted molar refractivity (Wildman–Crippen MR) is 454 cm³/mol. The van der Waals surface area contributed by atoms with Crippen LogP contribution in [-0.4, -0.2) is 215 Å². The topological polar surface area (TPSA) is 373 Å². The van der Waals surface area contributed by atoms with Crippen molar-refractivity contribution >= 4 is 17.8 Å². The summed E-state index contributed by atoms with van der Waals surface area (Å²) in [5.41, 5.74) is 0. The SMILES string of the molecule is CCCCCCCCCCCCCCCCCCCCCCCC/C=C/C(O)C(COC1OC(CO)C(OC2OC(CO)C(O)C(OC3(C(=O)O)CC(O)C(NC(C)=O)C(C(O)C(O)CO)O3)C2O)C(O)C1O)NC(=O)CCCCCCCCCCCCCCCCCCCCCCCCCCCCCCCCCCCCCCC. The number of ether oxygens (including phenoxy) is 6. The molecule has 18 unspecified atom stereocenters. The molecule has 0 aromatic carbocycles. The molecule has 678 valence electrons. The van der Waals surface area contributed by atoms with Crippen LogP contribution in [0.2, 0.25) is 0 Å². The molecule has 0 bridgehead atoms. The van der Waals surface area contributed by atoms with Gasteiger partial charge in [-0.05, 0) is 19.3 Å². The summed E-state index contributed by atoms with van der Waals surface area (Å²) in [5, 5.41) is 137. The first-order chi connectivity index (χ1) is 55.9. The first-order valence-electron chi connectivity index (χ1n) is 47.6. The van der Waals surface area contributed by atoms with Gasteiger partial charge in [-0.2, -0.15) is 0 Å². The summed E-state index contributed by atoms with van der Waals surface area (Å²) in [6.07, 6.45) is 52.8. The van der Waals surface area contributed by atoms with E-state index in [0.717, 1.165) is 51.9 Å². The number of carboxylic acid groups (broad SMARTS) is 1. The lowest BCUT2D eigenvalue weighted by molar-refractivity contribution is -0.386. The third-order valence-electron chi connectivity index (χ3n) is 24.2. The van der Waals surface area contributed by atoms with Gasteiger partial charge in [0, 0.05) is 19.8 Å². The molecule has 0 spiro atoms. The van der Waals surface area contributed by atoms with Gasteiger partial charge in [-0.15, -0.1) is 0 Å². The van der Waals surface area contributed by atoms with E-state index >= 15 is 0 Å².